The molecule has 6 nitrogen and oxygen atoms in total. The minimum absolute atomic E-state index is 0.0745. The van der Waals surface area contributed by atoms with Gasteiger partial charge in [-0.15, -0.1) is 0 Å². The zero-order valence-corrected chi connectivity index (χ0v) is 41.4. The Morgan fingerprint density at radius 2 is 0.581 bits per heavy atom. The van der Waals surface area contributed by atoms with Crippen molar-refractivity contribution in [3.05, 3.63) is 36.5 Å². The number of unbranched alkanes of at least 4 members (excludes halogenated alkanes) is 34. The third-order valence-electron chi connectivity index (χ3n) is 12.0. The van der Waals surface area contributed by atoms with E-state index in [1.54, 1.807) is 0 Å². The van der Waals surface area contributed by atoms with Crippen LogP contribution in [0.5, 0.6) is 0 Å². The van der Waals surface area contributed by atoms with E-state index in [2.05, 4.69) is 57.2 Å². The first-order valence-corrected chi connectivity index (χ1v) is 27.0. The maximum atomic E-state index is 12.8. The molecule has 0 aliphatic carbocycles. The number of allylic oxidation sites excluding steroid dienone is 6. The fourth-order valence-electron chi connectivity index (χ4n) is 7.86. The van der Waals surface area contributed by atoms with Gasteiger partial charge in [-0.05, 0) is 44.9 Å². The van der Waals surface area contributed by atoms with Gasteiger partial charge in [0.15, 0.2) is 6.10 Å². The summed E-state index contributed by atoms with van der Waals surface area (Å²) in [6.07, 6.45) is 59.8. The lowest BCUT2D eigenvalue weighted by molar-refractivity contribution is -0.167. The highest BCUT2D eigenvalue weighted by Crippen LogP contribution is 2.16. The molecule has 0 rings (SSSR count). The van der Waals surface area contributed by atoms with Gasteiger partial charge in [-0.25, -0.2) is 0 Å². The zero-order valence-electron chi connectivity index (χ0n) is 41.4. The average molecular weight is 871 g/mol. The van der Waals surface area contributed by atoms with Crippen LogP contribution in [0, 0.1) is 0 Å². The van der Waals surface area contributed by atoms with E-state index in [9.17, 15) is 14.4 Å². The summed E-state index contributed by atoms with van der Waals surface area (Å²) in [5, 5.41) is 0. The fourth-order valence-corrected chi connectivity index (χ4v) is 7.86. The second kappa shape index (κ2) is 51.3. The predicted molar refractivity (Wildman–Crippen MR) is 266 cm³/mol. The Balaban J connectivity index is 4.36. The van der Waals surface area contributed by atoms with Crippen LogP contribution in [0.25, 0.3) is 0 Å². The standard InChI is InChI=1S/C56H102O6/c1-4-7-10-13-16-19-22-24-26-27-28-30-31-34-37-40-43-46-49-55(58)61-52-53(51-60-54(57)48-45-42-39-36-33-21-18-15-12-9-6-3)62-56(59)50-47-44-41-38-35-32-29-25-23-20-17-14-11-8-5-2/h22,24,26-28,30,53H,4-21,23,25,29,31-52H2,1-3H3/b24-22-,27-26-,30-28-. The van der Waals surface area contributed by atoms with Crippen molar-refractivity contribution in [1.82, 2.24) is 0 Å². The lowest BCUT2D eigenvalue weighted by Gasteiger charge is -2.18. The summed E-state index contributed by atoms with van der Waals surface area (Å²) in [6, 6.07) is 0. The van der Waals surface area contributed by atoms with Crippen LogP contribution in [0.2, 0.25) is 0 Å². The molecule has 1 unspecified atom stereocenters. The quantitative estimate of drug-likeness (QED) is 0.0262. The van der Waals surface area contributed by atoms with Crippen LogP contribution in [-0.4, -0.2) is 37.2 Å². The normalized spacial score (nSPS) is 12.2. The second-order valence-corrected chi connectivity index (χ2v) is 18.2. The van der Waals surface area contributed by atoms with Gasteiger partial charge in [0, 0.05) is 19.3 Å². The van der Waals surface area contributed by atoms with Crippen molar-refractivity contribution in [2.75, 3.05) is 13.2 Å². The third-order valence-corrected chi connectivity index (χ3v) is 12.0. The number of rotatable bonds is 49. The molecule has 0 amide bonds. The molecule has 6 heteroatoms. The highest BCUT2D eigenvalue weighted by Gasteiger charge is 2.19. The molecule has 362 valence electrons. The molecule has 0 radical (unpaired) electrons. The van der Waals surface area contributed by atoms with Gasteiger partial charge >= 0.3 is 17.9 Å². The molecule has 0 aromatic heterocycles. The van der Waals surface area contributed by atoms with E-state index in [0.717, 1.165) is 77.0 Å². The molecule has 0 saturated carbocycles. The predicted octanol–water partition coefficient (Wildman–Crippen LogP) is 17.7. The summed E-state index contributed by atoms with van der Waals surface area (Å²) in [5.41, 5.74) is 0. The van der Waals surface area contributed by atoms with Crippen LogP contribution in [0.4, 0.5) is 0 Å². The number of ether oxygens (including phenoxy) is 3. The Bertz CT molecular complexity index is 1050. The van der Waals surface area contributed by atoms with Gasteiger partial charge in [-0.2, -0.15) is 0 Å². The van der Waals surface area contributed by atoms with E-state index < -0.39 is 6.10 Å². The Morgan fingerprint density at radius 1 is 0.323 bits per heavy atom. The lowest BCUT2D eigenvalue weighted by atomic mass is 10.0. The molecule has 1 atom stereocenters. The summed E-state index contributed by atoms with van der Waals surface area (Å²) in [6.45, 7) is 6.63. The molecule has 0 aliphatic rings. The minimum Gasteiger partial charge on any atom is -0.462 e. The summed E-state index contributed by atoms with van der Waals surface area (Å²) in [5.74, 6) is -0.881. The Labute approximate surface area is 385 Å². The molecule has 0 fully saturated rings. The topological polar surface area (TPSA) is 78.9 Å². The molecule has 0 aliphatic heterocycles. The molecule has 0 aromatic rings. The molecule has 62 heavy (non-hydrogen) atoms. The van der Waals surface area contributed by atoms with E-state index in [-0.39, 0.29) is 31.1 Å². The van der Waals surface area contributed by atoms with Crippen molar-refractivity contribution >= 4 is 17.9 Å². The smallest absolute Gasteiger partial charge is 0.306 e. The zero-order chi connectivity index (χ0) is 45.1. The van der Waals surface area contributed by atoms with Crippen LogP contribution in [0.3, 0.4) is 0 Å². The van der Waals surface area contributed by atoms with E-state index >= 15 is 0 Å². The molecule has 0 spiro atoms. The van der Waals surface area contributed by atoms with Crippen molar-refractivity contribution in [2.24, 2.45) is 0 Å². The average Bonchev–Trinajstić information content (AvgIpc) is 3.27. The van der Waals surface area contributed by atoms with Crippen molar-refractivity contribution in [1.29, 1.82) is 0 Å². The molecule has 0 N–H and O–H groups in total. The van der Waals surface area contributed by atoms with Crippen LogP contribution < -0.4 is 0 Å². The number of hydrogen-bond donors (Lipinski definition) is 0. The first-order chi connectivity index (χ1) is 30.5. The number of carbonyl (C=O) groups excluding carboxylic acids is 3. The molecule has 0 saturated heterocycles. The van der Waals surface area contributed by atoms with Crippen LogP contribution in [0.15, 0.2) is 36.5 Å². The van der Waals surface area contributed by atoms with Gasteiger partial charge in [0.25, 0.3) is 0 Å². The van der Waals surface area contributed by atoms with Gasteiger partial charge in [0.05, 0.1) is 0 Å². The SMILES string of the molecule is CCCCCCC\C=C/C=C\C=C/CCCCCCCC(=O)OCC(COC(=O)CCCCCCCCCCCCC)OC(=O)CCCCCCCCCCCCCCCCC. The van der Waals surface area contributed by atoms with E-state index in [1.165, 1.54) is 167 Å². The Kier molecular flexibility index (Phi) is 49.3. The first-order valence-electron chi connectivity index (χ1n) is 27.0. The summed E-state index contributed by atoms with van der Waals surface area (Å²) < 4.78 is 16.8. The molecule has 0 aromatic carbocycles. The maximum Gasteiger partial charge on any atom is 0.306 e. The highest BCUT2D eigenvalue weighted by atomic mass is 16.6. The summed E-state index contributed by atoms with van der Waals surface area (Å²) in [4.78, 5) is 38.0. The van der Waals surface area contributed by atoms with E-state index in [4.69, 9.17) is 14.2 Å². The highest BCUT2D eigenvalue weighted by molar-refractivity contribution is 5.71. The monoisotopic (exact) mass is 871 g/mol. The van der Waals surface area contributed by atoms with Gasteiger partial charge in [0.1, 0.15) is 13.2 Å². The molecule has 0 bridgehead atoms. The van der Waals surface area contributed by atoms with Crippen LogP contribution in [0.1, 0.15) is 284 Å². The van der Waals surface area contributed by atoms with Crippen molar-refractivity contribution < 1.29 is 28.6 Å². The van der Waals surface area contributed by atoms with Gasteiger partial charge < -0.3 is 14.2 Å². The maximum absolute atomic E-state index is 12.8. The van der Waals surface area contributed by atoms with Gasteiger partial charge in [0.2, 0.25) is 0 Å². The molecular weight excluding hydrogens is 769 g/mol. The number of esters is 3. The van der Waals surface area contributed by atoms with Crippen molar-refractivity contribution in [3.8, 4) is 0 Å². The number of carbonyl (C=O) groups is 3. The van der Waals surface area contributed by atoms with E-state index in [0.29, 0.717) is 19.3 Å². The second-order valence-electron chi connectivity index (χ2n) is 18.2. The molecular formula is C56H102O6. The van der Waals surface area contributed by atoms with E-state index in [1.807, 2.05) is 0 Å². The molecule has 0 heterocycles. The Morgan fingerprint density at radius 3 is 0.887 bits per heavy atom. The largest absolute Gasteiger partial charge is 0.462 e. The number of hydrogen-bond acceptors (Lipinski definition) is 6. The Hall–Kier alpha value is -2.37. The third kappa shape index (κ3) is 48.7. The van der Waals surface area contributed by atoms with Crippen molar-refractivity contribution in [2.45, 2.75) is 290 Å². The first kappa shape index (κ1) is 59.6. The lowest BCUT2D eigenvalue weighted by Crippen LogP contribution is -2.30. The fraction of sp³-hybridized carbons (Fsp3) is 0.839. The summed E-state index contributed by atoms with van der Waals surface area (Å²) >= 11 is 0. The summed E-state index contributed by atoms with van der Waals surface area (Å²) in [7, 11) is 0. The van der Waals surface area contributed by atoms with Gasteiger partial charge in [-0.3, -0.25) is 14.4 Å². The van der Waals surface area contributed by atoms with Crippen molar-refractivity contribution in [3.63, 3.8) is 0 Å². The van der Waals surface area contributed by atoms with Crippen LogP contribution in [-0.2, 0) is 28.6 Å². The van der Waals surface area contributed by atoms with Crippen LogP contribution >= 0.6 is 0 Å². The van der Waals surface area contributed by atoms with Gasteiger partial charge in [-0.1, -0.05) is 256 Å². The minimum atomic E-state index is -0.775.